The van der Waals surface area contributed by atoms with E-state index < -0.39 is 0 Å². The molecule has 0 bridgehead atoms. The van der Waals surface area contributed by atoms with Gasteiger partial charge in [-0.3, -0.25) is 4.79 Å². The molecule has 140 valence electrons. The molecule has 2 aromatic carbocycles. The molecule has 0 aliphatic heterocycles. The van der Waals surface area contributed by atoms with E-state index in [1.807, 2.05) is 42.5 Å². The largest absolute Gasteiger partial charge is 0.493 e. The maximum Gasteiger partial charge on any atom is 0.226 e. The number of rotatable bonds is 6. The molecule has 0 atom stereocenters. The van der Waals surface area contributed by atoms with Gasteiger partial charge in [0.2, 0.25) is 5.71 Å². The third kappa shape index (κ3) is 3.47. The van der Waals surface area contributed by atoms with Crippen molar-refractivity contribution in [2.45, 2.75) is 6.42 Å². The van der Waals surface area contributed by atoms with Crippen LogP contribution in [0.5, 0.6) is 11.5 Å². The van der Waals surface area contributed by atoms with Gasteiger partial charge in [-0.15, -0.1) is 0 Å². The van der Waals surface area contributed by atoms with Crippen LogP contribution in [0.25, 0.3) is 22.4 Å². The van der Waals surface area contributed by atoms with Crippen LogP contribution in [0, 0.1) is 0 Å². The highest BCUT2D eigenvalue weighted by atomic mass is 16.5. The van der Waals surface area contributed by atoms with Crippen molar-refractivity contribution in [1.82, 2.24) is 4.98 Å². The first-order chi connectivity index (χ1) is 13.7. The van der Waals surface area contributed by atoms with Gasteiger partial charge in [0.25, 0.3) is 0 Å². The van der Waals surface area contributed by atoms with Gasteiger partial charge in [0.1, 0.15) is 5.76 Å². The Labute approximate surface area is 162 Å². The van der Waals surface area contributed by atoms with Crippen molar-refractivity contribution in [3.8, 4) is 22.8 Å². The van der Waals surface area contributed by atoms with Gasteiger partial charge in [-0.05, 0) is 48.0 Å². The molecule has 4 aromatic rings. The second-order valence-corrected chi connectivity index (χ2v) is 6.38. The Balaban J connectivity index is 1.59. The van der Waals surface area contributed by atoms with Crippen LogP contribution in [-0.2, 0) is 6.42 Å². The fourth-order valence-electron chi connectivity index (χ4n) is 3.15. The standard InChI is InChI=1S/C23H19NO4/c1-26-20-9-8-16(13-22(20)27-2)19(25)12-15-5-3-6-17(11-15)21-14-18-7-4-10-24-23(18)28-21/h3-11,13-14H,12H2,1-2H3. The smallest absolute Gasteiger partial charge is 0.226 e. The first-order valence-electron chi connectivity index (χ1n) is 8.87. The normalized spacial score (nSPS) is 10.8. The quantitative estimate of drug-likeness (QED) is 0.448. The summed E-state index contributed by atoms with van der Waals surface area (Å²) in [5.74, 6) is 1.87. The molecular weight excluding hydrogens is 354 g/mol. The molecule has 0 unspecified atom stereocenters. The molecule has 4 rings (SSSR count). The lowest BCUT2D eigenvalue weighted by Crippen LogP contribution is -2.04. The molecule has 0 N–H and O–H groups in total. The minimum atomic E-state index is 0.00405. The van der Waals surface area contributed by atoms with Gasteiger partial charge in [0.05, 0.1) is 14.2 Å². The number of carbonyl (C=O) groups excluding carboxylic acids is 1. The van der Waals surface area contributed by atoms with Crippen LogP contribution in [0.1, 0.15) is 15.9 Å². The first kappa shape index (κ1) is 17.8. The fraction of sp³-hybridized carbons (Fsp3) is 0.130. The number of carbonyl (C=O) groups is 1. The molecule has 0 aliphatic rings. The van der Waals surface area contributed by atoms with E-state index in [-0.39, 0.29) is 12.2 Å². The lowest BCUT2D eigenvalue weighted by molar-refractivity contribution is 0.0992. The van der Waals surface area contributed by atoms with E-state index in [0.29, 0.717) is 22.8 Å². The maximum atomic E-state index is 12.7. The summed E-state index contributed by atoms with van der Waals surface area (Å²) in [5, 5.41) is 0.948. The minimum absolute atomic E-state index is 0.00405. The van der Waals surface area contributed by atoms with Gasteiger partial charge in [0, 0.05) is 29.1 Å². The van der Waals surface area contributed by atoms with Crippen LogP contribution >= 0.6 is 0 Å². The molecule has 0 saturated carbocycles. The van der Waals surface area contributed by atoms with Crippen LogP contribution in [0.15, 0.2) is 71.3 Å². The molecule has 28 heavy (non-hydrogen) atoms. The minimum Gasteiger partial charge on any atom is -0.493 e. The highest BCUT2D eigenvalue weighted by Gasteiger charge is 2.13. The Kier molecular flexibility index (Phi) is 4.81. The van der Waals surface area contributed by atoms with Crippen LogP contribution in [0.3, 0.4) is 0 Å². The number of fused-ring (bicyclic) bond motifs is 1. The number of ketones is 1. The number of benzene rings is 2. The summed E-state index contributed by atoms with van der Waals surface area (Å²) in [7, 11) is 3.12. The zero-order valence-corrected chi connectivity index (χ0v) is 15.6. The molecular formula is C23H19NO4. The van der Waals surface area contributed by atoms with Crippen LogP contribution in [0.4, 0.5) is 0 Å². The van der Waals surface area contributed by atoms with E-state index in [1.54, 1.807) is 38.6 Å². The Hall–Kier alpha value is -3.60. The van der Waals surface area contributed by atoms with Crippen molar-refractivity contribution in [2.24, 2.45) is 0 Å². The summed E-state index contributed by atoms with van der Waals surface area (Å²) in [5.41, 5.74) is 3.00. The van der Waals surface area contributed by atoms with Crippen LogP contribution < -0.4 is 9.47 Å². The summed E-state index contributed by atoms with van der Waals surface area (Å²) >= 11 is 0. The summed E-state index contributed by atoms with van der Waals surface area (Å²) < 4.78 is 16.3. The third-order valence-corrected chi connectivity index (χ3v) is 4.58. The summed E-state index contributed by atoms with van der Waals surface area (Å²) in [4.78, 5) is 17.0. The number of pyridine rings is 1. The number of Topliss-reactive ketones (excluding diaryl/α,β-unsaturated/α-hetero) is 1. The molecule has 0 spiro atoms. The number of aromatic nitrogens is 1. The number of nitrogens with zero attached hydrogens (tertiary/aromatic N) is 1. The van der Waals surface area contributed by atoms with E-state index in [1.165, 1.54) is 0 Å². The molecule has 0 fully saturated rings. The van der Waals surface area contributed by atoms with E-state index in [2.05, 4.69) is 4.98 Å². The Morgan fingerprint density at radius 1 is 0.964 bits per heavy atom. The summed E-state index contributed by atoms with van der Waals surface area (Å²) in [6, 6.07) is 18.8. The first-order valence-corrected chi connectivity index (χ1v) is 8.87. The van der Waals surface area contributed by atoms with Crippen molar-refractivity contribution >= 4 is 16.9 Å². The molecule has 0 aliphatic carbocycles. The third-order valence-electron chi connectivity index (χ3n) is 4.58. The zero-order valence-electron chi connectivity index (χ0n) is 15.6. The lowest BCUT2D eigenvalue weighted by Gasteiger charge is -2.09. The Morgan fingerprint density at radius 3 is 2.61 bits per heavy atom. The number of hydrogen-bond acceptors (Lipinski definition) is 5. The fourth-order valence-corrected chi connectivity index (χ4v) is 3.15. The van der Waals surface area contributed by atoms with Crippen molar-refractivity contribution < 1.29 is 18.7 Å². The maximum absolute atomic E-state index is 12.7. The average Bonchev–Trinajstić information content (AvgIpc) is 3.17. The van der Waals surface area contributed by atoms with E-state index >= 15 is 0 Å². The highest BCUT2D eigenvalue weighted by Crippen LogP contribution is 2.29. The second-order valence-electron chi connectivity index (χ2n) is 6.38. The average molecular weight is 373 g/mol. The van der Waals surface area contributed by atoms with Gasteiger partial charge in [-0.1, -0.05) is 18.2 Å². The number of furan rings is 1. The predicted octanol–water partition coefficient (Wildman–Crippen LogP) is 4.94. The number of ether oxygens (including phenoxy) is 2. The van der Waals surface area contributed by atoms with Gasteiger partial charge >= 0.3 is 0 Å². The van der Waals surface area contributed by atoms with Gasteiger partial charge in [-0.25, -0.2) is 4.98 Å². The molecule has 5 heteroatoms. The van der Waals surface area contributed by atoms with Crippen molar-refractivity contribution in [3.05, 3.63) is 78.0 Å². The molecule has 0 saturated heterocycles. The van der Waals surface area contributed by atoms with Gasteiger partial charge in [0.15, 0.2) is 17.3 Å². The van der Waals surface area contributed by atoms with Crippen molar-refractivity contribution in [1.29, 1.82) is 0 Å². The molecule has 2 aromatic heterocycles. The highest BCUT2D eigenvalue weighted by molar-refractivity contribution is 5.98. The Bertz CT molecular complexity index is 1110. The Morgan fingerprint density at radius 2 is 1.82 bits per heavy atom. The van der Waals surface area contributed by atoms with E-state index in [0.717, 1.165) is 22.3 Å². The molecule has 5 nitrogen and oxygen atoms in total. The molecule has 0 amide bonds. The summed E-state index contributed by atoms with van der Waals surface area (Å²) in [6.07, 6.45) is 1.98. The zero-order chi connectivity index (χ0) is 19.5. The van der Waals surface area contributed by atoms with Crippen LogP contribution in [0.2, 0.25) is 0 Å². The van der Waals surface area contributed by atoms with Gasteiger partial charge in [-0.2, -0.15) is 0 Å². The molecule has 2 heterocycles. The van der Waals surface area contributed by atoms with Crippen molar-refractivity contribution in [3.63, 3.8) is 0 Å². The number of methoxy groups -OCH3 is 2. The SMILES string of the molecule is COc1ccc(C(=O)Cc2cccc(-c3cc4cccnc4o3)c2)cc1OC. The topological polar surface area (TPSA) is 61.6 Å². The second kappa shape index (κ2) is 7.56. The van der Waals surface area contributed by atoms with E-state index in [9.17, 15) is 4.79 Å². The van der Waals surface area contributed by atoms with Crippen molar-refractivity contribution in [2.75, 3.05) is 14.2 Å². The van der Waals surface area contributed by atoms with E-state index in [4.69, 9.17) is 13.9 Å². The summed E-state index contributed by atoms with van der Waals surface area (Å²) in [6.45, 7) is 0. The predicted molar refractivity (Wildman–Crippen MR) is 107 cm³/mol. The molecule has 0 radical (unpaired) electrons. The van der Waals surface area contributed by atoms with Gasteiger partial charge < -0.3 is 13.9 Å². The monoisotopic (exact) mass is 373 g/mol. The van der Waals surface area contributed by atoms with Crippen LogP contribution in [-0.4, -0.2) is 25.0 Å². The lowest BCUT2D eigenvalue weighted by atomic mass is 10.0. The number of hydrogen-bond donors (Lipinski definition) is 0.